The Morgan fingerprint density at radius 3 is 2.38 bits per heavy atom. The van der Waals surface area contributed by atoms with E-state index in [4.69, 9.17) is 17.3 Å². The first-order valence-electron chi connectivity index (χ1n) is 4.65. The zero-order valence-corrected chi connectivity index (χ0v) is 11.1. The zero-order valence-electron chi connectivity index (χ0n) is 8.46. The molecule has 0 amide bonds. The third-order valence-electron chi connectivity index (χ3n) is 2.18. The normalized spacial score (nSPS) is 14.1. The number of aliphatic carboxylic acids is 1. The maximum atomic E-state index is 10.8. The fourth-order valence-electron chi connectivity index (χ4n) is 1.40. The van der Waals surface area contributed by atoms with E-state index in [0.29, 0.717) is 10.6 Å². The highest BCUT2D eigenvalue weighted by Gasteiger charge is 2.32. The van der Waals surface area contributed by atoms with Crippen LogP contribution in [0.5, 0.6) is 0 Å². The summed E-state index contributed by atoms with van der Waals surface area (Å²) in [6.45, 7) is 0. The molecule has 0 bridgehead atoms. The van der Waals surface area contributed by atoms with Crippen LogP contribution < -0.4 is 0 Å². The van der Waals surface area contributed by atoms with Crippen LogP contribution in [0.4, 0.5) is 0 Å². The summed E-state index contributed by atoms with van der Waals surface area (Å²) in [5.74, 6) is -0.928. The molecule has 1 aromatic carbocycles. The molecule has 1 atom stereocenters. The van der Waals surface area contributed by atoms with Gasteiger partial charge in [-0.3, -0.25) is 4.79 Å². The van der Waals surface area contributed by atoms with Gasteiger partial charge < -0.3 is 5.11 Å². The topological polar surface area (TPSA) is 37.3 Å². The van der Waals surface area contributed by atoms with Crippen LogP contribution in [0, 0.1) is 0 Å². The standard InChI is InChI=1S/C11H12O2S3/c12-9(13)7-11(16,10(14)15)6-8-4-2-1-3-5-8/h1-5,16H,6-7H2,(H,12,13)(H,14,15). The summed E-state index contributed by atoms with van der Waals surface area (Å²) in [7, 11) is 0. The second kappa shape index (κ2) is 5.70. The van der Waals surface area contributed by atoms with Crippen molar-refractivity contribution in [1.29, 1.82) is 0 Å². The Labute approximate surface area is 111 Å². The summed E-state index contributed by atoms with van der Waals surface area (Å²) < 4.78 is -0.576. The Morgan fingerprint density at radius 2 is 1.94 bits per heavy atom. The lowest BCUT2D eigenvalue weighted by molar-refractivity contribution is -0.137. The van der Waals surface area contributed by atoms with Gasteiger partial charge in [-0.1, -0.05) is 42.5 Å². The molecule has 1 N–H and O–H groups in total. The first-order chi connectivity index (χ1) is 7.44. The Hall–Kier alpha value is -0.520. The lowest BCUT2D eigenvalue weighted by atomic mass is 9.97. The van der Waals surface area contributed by atoms with Gasteiger partial charge in [-0.15, -0.1) is 12.6 Å². The Balaban J connectivity index is 2.87. The molecule has 0 radical (unpaired) electrons. The average molecular weight is 272 g/mol. The second-order valence-corrected chi connectivity index (χ2v) is 5.58. The maximum absolute atomic E-state index is 10.8. The third kappa shape index (κ3) is 3.81. The lowest BCUT2D eigenvalue weighted by Crippen LogP contribution is -2.33. The van der Waals surface area contributed by atoms with Crippen molar-refractivity contribution in [2.24, 2.45) is 0 Å². The molecule has 0 aliphatic rings. The molecule has 1 rings (SSSR count). The van der Waals surface area contributed by atoms with Gasteiger partial charge >= 0.3 is 5.97 Å². The predicted molar refractivity (Wildman–Crippen MR) is 75.7 cm³/mol. The molecule has 0 heterocycles. The third-order valence-corrected chi connectivity index (χ3v) is 3.87. The number of carboxylic acid groups (broad SMARTS) is 1. The van der Waals surface area contributed by atoms with Gasteiger partial charge in [-0.05, 0) is 12.0 Å². The molecule has 1 aromatic rings. The smallest absolute Gasteiger partial charge is 0.305 e. The van der Waals surface area contributed by atoms with Gasteiger partial charge in [0.25, 0.3) is 0 Å². The molecular weight excluding hydrogens is 260 g/mol. The van der Waals surface area contributed by atoms with Crippen molar-refractivity contribution in [3.05, 3.63) is 35.9 Å². The van der Waals surface area contributed by atoms with Crippen molar-refractivity contribution in [2.75, 3.05) is 0 Å². The minimum atomic E-state index is -0.928. The SMILES string of the molecule is O=C(O)CC(S)(Cc1ccccc1)C(=S)S. The van der Waals surface area contributed by atoms with Crippen LogP contribution in [-0.2, 0) is 11.2 Å². The minimum Gasteiger partial charge on any atom is -0.481 e. The number of thiol groups is 2. The number of hydrogen-bond acceptors (Lipinski definition) is 3. The minimum absolute atomic E-state index is 0.132. The summed E-state index contributed by atoms with van der Waals surface area (Å²) in [5.41, 5.74) is 0.996. The molecule has 0 aliphatic carbocycles. The molecule has 0 spiro atoms. The van der Waals surface area contributed by atoms with Crippen LogP contribution in [0.25, 0.3) is 0 Å². The monoisotopic (exact) mass is 272 g/mol. The van der Waals surface area contributed by atoms with Crippen LogP contribution in [0.2, 0.25) is 0 Å². The molecule has 0 aliphatic heterocycles. The molecule has 0 saturated carbocycles. The van der Waals surface area contributed by atoms with E-state index in [1.165, 1.54) is 0 Å². The number of carbonyl (C=O) groups is 1. The van der Waals surface area contributed by atoms with Gasteiger partial charge in [-0.25, -0.2) is 0 Å². The average Bonchev–Trinajstić information content (AvgIpc) is 2.17. The van der Waals surface area contributed by atoms with Crippen molar-refractivity contribution in [2.45, 2.75) is 17.6 Å². The Bertz CT molecular complexity index is 391. The van der Waals surface area contributed by atoms with Crippen LogP contribution >= 0.6 is 37.5 Å². The Kier molecular flexibility index (Phi) is 4.83. The van der Waals surface area contributed by atoms with Crippen molar-refractivity contribution in [3.8, 4) is 0 Å². The van der Waals surface area contributed by atoms with Crippen LogP contribution in [0.1, 0.15) is 12.0 Å². The second-order valence-electron chi connectivity index (χ2n) is 3.57. The summed E-state index contributed by atoms with van der Waals surface area (Å²) >= 11 is 13.4. The number of thiocarbonyl (C=S) groups is 1. The highest BCUT2D eigenvalue weighted by molar-refractivity contribution is 8.13. The maximum Gasteiger partial charge on any atom is 0.305 e. The van der Waals surface area contributed by atoms with Gasteiger partial charge in [0.1, 0.15) is 0 Å². The summed E-state index contributed by atoms with van der Waals surface area (Å²) in [5, 5.41) is 8.83. The zero-order chi connectivity index (χ0) is 12.2. The van der Waals surface area contributed by atoms with Crippen molar-refractivity contribution in [3.63, 3.8) is 0 Å². The fourth-order valence-corrected chi connectivity index (χ4v) is 2.02. The van der Waals surface area contributed by atoms with Crippen molar-refractivity contribution in [1.82, 2.24) is 0 Å². The van der Waals surface area contributed by atoms with E-state index in [2.05, 4.69) is 25.3 Å². The summed E-state index contributed by atoms with van der Waals surface area (Å²) in [6.07, 6.45) is 0.332. The highest BCUT2D eigenvalue weighted by Crippen LogP contribution is 2.28. The Morgan fingerprint density at radius 1 is 1.38 bits per heavy atom. The number of hydrogen-bond donors (Lipinski definition) is 3. The molecule has 1 unspecified atom stereocenters. The number of rotatable bonds is 5. The molecule has 2 nitrogen and oxygen atoms in total. The van der Waals surface area contributed by atoms with E-state index in [-0.39, 0.29) is 6.42 Å². The quantitative estimate of drug-likeness (QED) is 0.570. The van der Waals surface area contributed by atoms with E-state index >= 15 is 0 Å². The van der Waals surface area contributed by atoms with E-state index in [1.54, 1.807) is 0 Å². The van der Waals surface area contributed by atoms with Crippen LogP contribution in [0.15, 0.2) is 30.3 Å². The largest absolute Gasteiger partial charge is 0.481 e. The van der Waals surface area contributed by atoms with E-state index in [1.807, 2.05) is 30.3 Å². The fraction of sp³-hybridized carbons (Fsp3) is 0.273. The molecular formula is C11H12O2S3. The molecule has 0 saturated heterocycles. The van der Waals surface area contributed by atoms with Crippen LogP contribution in [0.3, 0.4) is 0 Å². The highest BCUT2D eigenvalue weighted by atomic mass is 32.1. The number of benzene rings is 1. The van der Waals surface area contributed by atoms with E-state index in [0.717, 1.165) is 5.56 Å². The molecule has 16 heavy (non-hydrogen) atoms. The number of carboxylic acids is 1. The van der Waals surface area contributed by atoms with Crippen LogP contribution in [-0.4, -0.2) is 20.0 Å². The lowest BCUT2D eigenvalue weighted by Gasteiger charge is -2.25. The molecule has 5 heteroatoms. The first-order valence-corrected chi connectivity index (χ1v) is 5.96. The van der Waals surface area contributed by atoms with E-state index < -0.39 is 10.7 Å². The van der Waals surface area contributed by atoms with Crippen molar-refractivity contribution >= 4 is 47.6 Å². The van der Waals surface area contributed by atoms with Gasteiger partial charge in [0.2, 0.25) is 0 Å². The molecule has 86 valence electrons. The van der Waals surface area contributed by atoms with Crippen molar-refractivity contribution < 1.29 is 9.90 Å². The van der Waals surface area contributed by atoms with Gasteiger partial charge in [0, 0.05) is 0 Å². The van der Waals surface area contributed by atoms with E-state index in [9.17, 15) is 4.79 Å². The van der Waals surface area contributed by atoms with Gasteiger partial charge in [0.15, 0.2) is 0 Å². The first kappa shape index (κ1) is 13.5. The molecule has 0 aromatic heterocycles. The molecule has 0 fully saturated rings. The van der Waals surface area contributed by atoms with Gasteiger partial charge in [0.05, 0.1) is 15.4 Å². The van der Waals surface area contributed by atoms with Gasteiger partial charge in [-0.2, -0.15) is 12.6 Å². The summed E-state index contributed by atoms with van der Waals surface area (Å²) in [4.78, 5) is 10.8. The predicted octanol–water partition coefficient (Wildman–Crippen LogP) is 2.63. The summed E-state index contributed by atoms with van der Waals surface area (Å²) in [6, 6.07) is 9.52.